The van der Waals surface area contributed by atoms with Gasteiger partial charge in [-0.2, -0.15) is 0 Å². The van der Waals surface area contributed by atoms with Crippen molar-refractivity contribution in [1.82, 2.24) is 9.80 Å². The number of aryl methyl sites for hydroxylation is 1. The Morgan fingerprint density at radius 1 is 0.680 bits per heavy atom. The molecule has 2 saturated heterocycles. The summed E-state index contributed by atoms with van der Waals surface area (Å²) in [7, 11) is 1.74. The van der Waals surface area contributed by atoms with Crippen LogP contribution >= 0.6 is 0 Å². The molecule has 0 N–H and O–H groups in total. The van der Waals surface area contributed by atoms with Gasteiger partial charge < -0.3 is 18.9 Å². The quantitative estimate of drug-likeness (QED) is 0.168. The molecular formula is C43H84N2O5. The number of hydrogen-bond acceptors (Lipinski definition) is 7. The molecule has 2 fully saturated rings. The van der Waals surface area contributed by atoms with Crippen LogP contribution in [0.3, 0.4) is 0 Å². The van der Waals surface area contributed by atoms with Gasteiger partial charge in [0.1, 0.15) is 0 Å². The molecule has 7 heteroatoms. The fraction of sp³-hybridized carbons (Fsp3) is 0.837. The summed E-state index contributed by atoms with van der Waals surface area (Å²) in [6, 6.07) is 8.79. The molecule has 7 nitrogen and oxygen atoms in total. The lowest BCUT2D eigenvalue weighted by Crippen LogP contribution is -2.37. The monoisotopic (exact) mass is 709 g/mol. The molecule has 0 bridgehead atoms. The Kier molecular flexibility index (Phi) is 35.0. The summed E-state index contributed by atoms with van der Waals surface area (Å²) in [6.07, 6.45) is 6.93. The van der Waals surface area contributed by atoms with Gasteiger partial charge in [0.25, 0.3) is 0 Å². The Bertz CT molecular complexity index is 845. The van der Waals surface area contributed by atoms with Crippen LogP contribution in [0.15, 0.2) is 24.3 Å². The van der Waals surface area contributed by atoms with E-state index in [4.69, 9.17) is 18.9 Å². The SMILES string of the molecule is CC(C)CCCN1CCOCC1.CC(C)CCN1CCOCC1.CCOC(=O)CC(C)C.COCCC(C)C.Cc1ccc(CC(C)C)cc1. The summed E-state index contributed by atoms with van der Waals surface area (Å²) in [5, 5.41) is 0. The number of methoxy groups -OCH3 is 1. The average Bonchev–Trinajstić information content (AvgIpc) is 3.05. The van der Waals surface area contributed by atoms with Crippen LogP contribution in [0.2, 0.25) is 0 Å². The van der Waals surface area contributed by atoms with Gasteiger partial charge in [-0.1, -0.05) is 99.1 Å². The van der Waals surface area contributed by atoms with Crippen molar-refractivity contribution in [2.45, 2.75) is 122 Å². The van der Waals surface area contributed by atoms with Gasteiger partial charge in [-0.15, -0.1) is 0 Å². The van der Waals surface area contributed by atoms with E-state index in [1.165, 1.54) is 56.3 Å². The van der Waals surface area contributed by atoms with Gasteiger partial charge in [0.2, 0.25) is 0 Å². The number of hydrogen-bond donors (Lipinski definition) is 0. The minimum absolute atomic E-state index is 0.0903. The first kappa shape index (κ1) is 50.6. The van der Waals surface area contributed by atoms with Crippen LogP contribution in [0, 0.1) is 36.5 Å². The molecule has 0 aromatic heterocycles. The molecule has 0 unspecified atom stereocenters. The number of ether oxygens (including phenoxy) is 4. The normalized spacial score (nSPS) is 15.0. The number of benzene rings is 1. The van der Waals surface area contributed by atoms with Gasteiger partial charge in [0, 0.05) is 46.3 Å². The summed E-state index contributed by atoms with van der Waals surface area (Å²) in [5.74, 6) is 3.54. The number of carbonyl (C=O) groups excluding carboxylic acids is 1. The molecule has 0 amide bonds. The Morgan fingerprint density at radius 3 is 1.54 bits per heavy atom. The lowest BCUT2D eigenvalue weighted by molar-refractivity contribution is -0.143. The minimum Gasteiger partial charge on any atom is -0.466 e. The van der Waals surface area contributed by atoms with E-state index < -0.39 is 0 Å². The second kappa shape index (κ2) is 34.6. The lowest BCUT2D eigenvalue weighted by Gasteiger charge is -2.26. The first-order valence-corrected chi connectivity index (χ1v) is 20.0. The maximum Gasteiger partial charge on any atom is 0.306 e. The van der Waals surface area contributed by atoms with Gasteiger partial charge in [-0.3, -0.25) is 14.6 Å². The van der Waals surface area contributed by atoms with Gasteiger partial charge in [-0.25, -0.2) is 0 Å². The highest BCUT2D eigenvalue weighted by atomic mass is 16.5. The van der Waals surface area contributed by atoms with Crippen molar-refractivity contribution >= 4 is 5.97 Å². The van der Waals surface area contributed by atoms with Crippen molar-refractivity contribution in [1.29, 1.82) is 0 Å². The molecule has 0 spiro atoms. The summed E-state index contributed by atoms with van der Waals surface area (Å²) in [6.45, 7) is 38.1. The second-order valence-corrected chi connectivity index (χ2v) is 15.8. The molecular weight excluding hydrogens is 624 g/mol. The van der Waals surface area contributed by atoms with Crippen LogP contribution < -0.4 is 0 Å². The van der Waals surface area contributed by atoms with Crippen LogP contribution in [0.1, 0.15) is 119 Å². The summed E-state index contributed by atoms with van der Waals surface area (Å²) < 4.78 is 20.1. The third kappa shape index (κ3) is 37.7. The van der Waals surface area contributed by atoms with E-state index in [1.807, 2.05) is 20.8 Å². The average molecular weight is 709 g/mol. The van der Waals surface area contributed by atoms with Crippen LogP contribution in [0.25, 0.3) is 0 Å². The van der Waals surface area contributed by atoms with Crippen LogP contribution in [0.5, 0.6) is 0 Å². The van der Waals surface area contributed by atoms with E-state index in [2.05, 4.69) is 96.4 Å². The van der Waals surface area contributed by atoms with Crippen LogP contribution in [0.4, 0.5) is 0 Å². The van der Waals surface area contributed by atoms with Crippen LogP contribution in [-0.4, -0.2) is 102 Å². The molecule has 2 aliphatic heterocycles. The zero-order valence-electron chi connectivity index (χ0n) is 35.4. The van der Waals surface area contributed by atoms with E-state index in [0.29, 0.717) is 18.9 Å². The van der Waals surface area contributed by atoms with E-state index in [0.717, 1.165) is 82.9 Å². The molecule has 2 heterocycles. The smallest absolute Gasteiger partial charge is 0.306 e. The summed E-state index contributed by atoms with van der Waals surface area (Å²) in [4.78, 5) is 15.6. The lowest BCUT2D eigenvalue weighted by atomic mass is 10.0. The maximum atomic E-state index is 10.6. The Balaban J connectivity index is 0. The zero-order valence-corrected chi connectivity index (χ0v) is 35.4. The number of rotatable bonds is 15. The molecule has 3 rings (SSSR count). The van der Waals surface area contributed by atoms with Crippen LogP contribution in [-0.2, 0) is 30.2 Å². The highest BCUT2D eigenvalue weighted by Gasteiger charge is 2.10. The van der Waals surface area contributed by atoms with Crippen molar-refractivity contribution in [3.8, 4) is 0 Å². The third-order valence-electron chi connectivity index (χ3n) is 8.03. The first-order valence-electron chi connectivity index (χ1n) is 20.0. The predicted octanol–water partition coefficient (Wildman–Crippen LogP) is 9.59. The van der Waals surface area contributed by atoms with Gasteiger partial charge in [0.15, 0.2) is 0 Å². The second-order valence-electron chi connectivity index (χ2n) is 15.8. The van der Waals surface area contributed by atoms with E-state index in [9.17, 15) is 4.79 Å². The molecule has 296 valence electrons. The van der Waals surface area contributed by atoms with Crippen molar-refractivity contribution in [3.63, 3.8) is 0 Å². The van der Waals surface area contributed by atoms with Crippen molar-refractivity contribution in [2.24, 2.45) is 29.6 Å². The molecule has 0 radical (unpaired) electrons. The third-order valence-corrected chi connectivity index (χ3v) is 8.03. The Morgan fingerprint density at radius 2 is 1.16 bits per heavy atom. The largest absolute Gasteiger partial charge is 0.466 e. The zero-order chi connectivity index (χ0) is 38.2. The molecule has 0 atom stereocenters. The molecule has 50 heavy (non-hydrogen) atoms. The van der Waals surface area contributed by atoms with E-state index in [1.54, 1.807) is 7.11 Å². The molecule has 2 aliphatic rings. The van der Waals surface area contributed by atoms with Crippen molar-refractivity contribution < 1.29 is 23.7 Å². The Labute approximate surface area is 311 Å². The number of carbonyl (C=O) groups is 1. The summed E-state index contributed by atoms with van der Waals surface area (Å²) >= 11 is 0. The number of morpholine rings is 2. The summed E-state index contributed by atoms with van der Waals surface area (Å²) in [5.41, 5.74) is 2.79. The predicted molar refractivity (Wildman–Crippen MR) is 215 cm³/mol. The Hall–Kier alpha value is -1.51. The van der Waals surface area contributed by atoms with Gasteiger partial charge in [-0.05, 0) is 94.2 Å². The molecule has 1 aromatic carbocycles. The van der Waals surface area contributed by atoms with E-state index in [-0.39, 0.29) is 5.97 Å². The maximum absolute atomic E-state index is 10.6. The standard InChI is InChI=1S/C11H16.C10H21NO.C9H19NO.C7H14O2.C6H14O/c1-9(2)8-11-6-4-10(3)5-7-11;1-10(2)4-3-5-11-6-8-12-9-7-11;1-9(2)3-4-10-5-7-11-8-6-10;1-4-9-7(8)5-6(2)3;1-6(2)4-5-7-3/h4-7,9H,8H2,1-3H3;10H,3-9H2,1-2H3;9H,3-8H2,1-2H3;6H,4-5H2,1-3H3;6H,4-5H2,1-3H3. The number of esters is 1. The highest BCUT2D eigenvalue weighted by molar-refractivity contribution is 5.69. The number of nitrogens with zero attached hydrogens (tertiary/aromatic N) is 2. The van der Waals surface area contributed by atoms with Crippen molar-refractivity contribution in [2.75, 3.05) is 86.0 Å². The molecule has 1 aromatic rings. The molecule has 0 aliphatic carbocycles. The van der Waals surface area contributed by atoms with Crippen molar-refractivity contribution in [3.05, 3.63) is 35.4 Å². The first-order chi connectivity index (χ1) is 23.7. The highest BCUT2D eigenvalue weighted by Crippen LogP contribution is 2.09. The van der Waals surface area contributed by atoms with Gasteiger partial charge in [0.05, 0.1) is 33.0 Å². The topological polar surface area (TPSA) is 60.5 Å². The molecule has 0 saturated carbocycles. The minimum atomic E-state index is -0.0903. The fourth-order valence-electron chi connectivity index (χ4n) is 4.92. The van der Waals surface area contributed by atoms with E-state index >= 15 is 0 Å². The van der Waals surface area contributed by atoms with Gasteiger partial charge >= 0.3 is 5.97 Å². The fourth-order valence-corrected chi connectivity index (χ4v) is 4.92.